The zero-order valence-electron chi connectivity index (χ0n) is 11.6. The molecule has 4 nitrogen and oxygen atoms in total. The van der Waals surface area contributed by atoms with Gasteiger partial charge in [-0.2, -0.15) is 0 Å². The van der Waals surface area contributed by atoms with Crippen molar-refractivity contribution in [2.75, 3.05) is 0 Å². The molecule has 1 saturated carbocycles. The van der Waals surface area contributed by atoms with Crippen LogP contribution in [0.25, 0.3) is 0 Å². The maximum atomic E-state index is 12.1. The fourth-order valence-corrected chi connectivity index (χ4v) is 2.53. The van der Waals surface area contributed by atoms with Crippen LogP contribution in [0.2, 0.25) is 0 Å². The molecule has 1 N–H and O–H groups in total. The van der Waals surface area contributed by atoms with E-state index in [0.717, 1.165) is 32.1 Å². The van der Waals surface area contributed by atoms with Gasteiger partial charge in [-0.3, -0.25) is 4.79 Å². The van der Waals surface area contributed by atoms with E-state index in [9.17, 15) is 9.59 Å². The van der Waals surface area contributed by atoms with Crippen LogP contribution in [0, 0.1) is 0 Å². The number of rotatable bonds is 4. The standard InChI is InChI=1S/C16H19NO3/c1-10(15(18)17-14-7-8-14)20-16(19)13-6-5-11-3-2-4-12(11)9-13/h5-6,9-10,14H,2-4,7-8H2,1H3,(H,17,18)/t10-/m0/s1. The minimum atomic E-state index is -0.739. The van der Waals surface area contributed by atoms with Crippen LogP contribution in [0.5, 0.6) is 0 Å². The summed E-state index contributed by atoms with van der Waals surface area (Å²) in [6, 6.07) is 5.96. The molecule has 3 rings (SSSR count). The molecule has 1 atom stereocenters. The van der Waals surface area contributed by atoms with Crippen LogP contribution in [-0.2, 0) is 22.4 Å². The molecule has 1 fully saturated rings. The van der Waals surface area contributed by atoms with Crippen LogP contribution in [-0.4, -0.2) is 24.0 Å². The Morgan fingerprint density at radius 2 is 2.00 bits per heavy atom. The number of hydrogen-bond acceptors (Lipinski definition) is 3. The second-order valence-electron chi connectivity index (χ2n) is 5.67. The molecule has 1 amide bonds. The predicted octanol–water partition coefficient (Wildman–Crippen LogP) is 2.00. The van der Waals surface area contributed by atoms with E-state index in [1.54, 1.807) is 13.0 Å². The van der Waals surface area contributed by atoms with Gasteiger partial charge in [0.2, 0.25) is 0 Å². The smallest absolute Gasteiger partial charge is 0.338 e. The van der Waals surface area contributed by atoms with Crippen LogP contribution in [0.15, 0.2) is 18.2 Å². The normalized spacial score (nSPS) is 18.2. The number of carbonyl (C=O) groups is 2. The molecule has 1 aromatic rings. The van der Waals surface area contributed by atoms with Crippen LogP contribution in [0.1, 0.15) is 47.7 Å². The maximum Gasteiger partial charge on any atom is 0.338 e. The van der Waals surface area contributed by atoms with Gasteiger partial charge in [0.1, 0.15) is 0 Å². The number of ether oxygens (including phenoxy) is 1. The number of hydrogen-bond donors (Lipinski definition) is 1. The largest absolute Gasteiger partial charge is 0.449 e. The topological polar surface area (TPSA) is 55.4 Å². The van der Waals surface area contributed by atoms with Crippen molar-refractivity contribution in [2.24, 2.45) is 0 Å². The van der Waals surface area contributed by atoms with Crippen LogP contribution in [0.4, 0.5) is 0 Å². The number of carbonyl (C=O) groups excluding carboxylic acids is 2. The average Bonchev–Trinajstić information content (AvgIpc) is 3.12. The summed E-state index contributed by atoms with van der Waals surface area (Å²) in [6.07, 6.45) is 4.57. The Hall–Kier alpha value is -1.84. The summed E-state index contributed by atoms with van der Waals surface area (Å²) in [5.74, 6) is -0.625. The van der Waals surface area contributed by atoms with E-state index in [1.165, 1.54) is 11.1 Å². The van der Waals surface area contributed by atoms with Crippen molar-refractivity contribution >= 4 is 11.9 Å². The lowest BCUT2D eigenvalue weighted by atomic mass is 10.1. The SMILES string of the molecule is C[C@H](OC(=O)c1ccc2c(c1)CCC2)C(=O)NC1CC1. The van der Waals surface area contributed by atoms with Crippen molar-refractivity contribution in [2.45, 2.75) is 51.2 Å². The third-order valence-electron chi connectivity index (χ3n) is 3.91. The molecular formula is C16H19NO3. The van der Waals surface area contributed by atoms with Gasteiger partial charge < -0.3 is 10.1 Å². The number of aryl methyl sites for hydroxylation is 2. The molecule has 0 aromatic heterocycles. The Kier molecular flexibility index (Phi) is 3.47. The van der Waals surface area contributed by atoms with E-state index < -0.39 is 12.1 Å². The first kappa shape index (κ1) is 13.2. The van der Waals surface area contributed by atoms with E-state index in [-0.39, 0.29) is 11.9 Å². The molecule has 20 heavy (non-hydrogen) atoms. The van der Waals surface area contributed by atoms with Gasteiger partial charge in [-0.1, -0.05) is 6.07 Å². The molecule has 2 aliphatic rings. The second-order valence-corrected chi connectivity index (χ2v) is 5.67. The average molecular weight is 273 g/mol. The number of benzene rings is 1. The summed E-state index contributed by atoms with van der Waals surface area (Å²) in [7, 11) is 0. The first-order valence-electron chi connectivity index (χ1n) is 7.26. The van der Waals surface area contributed by atoms with Gasteiger partial charge in [0.15, 0.2) is 6.10 Å². The van der Waals surface area contributed by atoms with Crippen LogP contribution in [0.3, 0.4) is 0 Å². The number of amides is 1. The second kappa shape index (κ2) is 5.27. The van der Waals surface area contributed by atoms with E-state index in [0.29, 0.717) is 5.56 Å². The lowest BCUT2D eigenvalue weighted by molar-refractivity contribution is -0.129. The fourth-order valence-electron chi connectivity index (χ4n) is 2.53. The molecule has 0 spiro atoms. The van der Waals surface area contributed by atoms with Crippen molar-refractivity contribution in [3.8, 4) is 0 Å². The van der Waals surface area contributed by atoms with Gasteiger partial charge in [-0.25, -0.2) is 4.79 Å². The predicted molar refractivity (Wildman–Crippen MR) is 74.5 cm³/mol. The fraction of sp³-hybridized carbons (Fsp3) is 0.500. The Morgan fingerprint density at radius 3 is 2.75 bits per heavy atom. The third-order valence-corrected chi connectivity index (χ3v) is 3.91. The van der Waals surface area contributed by atoms with Crippen molar-refractivity contribution in [1.29, 1.82) is 0 Å². The Morgan fingerprint density at radius 1 is 1.25 bits per heavy atom. The molecule has 4 heteroatoms. The van der Waals surface area contributed by atoms with Gasteiger partial charge in [-0.15, -0.1) is 0 Å². The van der Waals surface area contributed by atoms with Crippen molar-refractivity contribution in [3.63, 3.8) is 0 Å². The third kappa shape index (κ3) is 2.84. The monoisotopic (exact) mass is 273 g/mol. The quantitative estimate of drug-likeness (QED) is 0.854. The zero-order chi connectivity index (χ0) is 14.1. The molecule has 0 radical (unpaired) electrons. The highest BCUT2D eigenvalue weighted by molar-refractivity contribution is 5.92. The first-order chi connectivity index (χ1) is 9.63. The Bertz CT molecular complexity index is 549. The lowest BCUT2D eigenvalue weighted by Crippen LogP contribution is -2.37. The molecule has 0 bridgehead atoms. The molecule has 106 valence electrons. The van der Waals surface area contributed by atoms with E-state index in [4.69, 9.17) is 4.74 Å². The highest BCUT2D eigenvalue weighted by atomic mass is 16.5. The van der Waals surface area contributed by atoms with Gasteiger partial charge in [0.25, 0.3) is 5.91 Å². The first-order valence-corrected chi connectivity index (χ1v) is 7.26. The van der Waals surface area contributed by atoms with Crippen LogP contribution < -0.4 is 5.32 Å². The summed E-state index contributed by atoms with van der Waals surface area (Å²) in [5.41, 5.74) is 3.09. The Labute approximate surface area is 118 Å². The van der Waals surface area contributed by atoms with Crippen molar-refractivity contribution < 1.29 is 14.3 Å². The molecule has 2 aliphatic carbocycles. The van der Waals surface area contributed by atoms with Gasteiger partial charge in [0.05, 0.1) is 5.56 Å². The lowest BCUT2D eigenvalue weighted by Gasteiger charge is -2.13. The van der Waals surface area contributed by atoms with E-state index >= 15 is 0 Å². The molecular weight excluding hydrogens is 254 g/mol. The highest BCUT2D eigenvalue weighted by Crippen LogP contribution is 2.23. The van der Waals surface area contributed by atoms with Crippen LogP contribution >= 0.6 is 0 Å². The minimum Gasteiger partial charge on any atom is -0.449 e. The number of fused-ring (bicyclic) bond motifs is 1. The zero-order valence-corrected chi connectivity index (χ0v) is 11.6. The molecule has 0 aliphatic heterocycles. The summed E-state index contributed by atoms with van der Waals surface area (Å²) < 4.78 is 5.24. The Balaban J connectivity index is 1.61. The molecule has 0 unspecified atom stereocenters. The number of nitrogens with one attached hydrogen (secondary N) is 1. The summed E-state index contributed by atoms with van der Waals surface area (Å²) in [6.45, 7) is 1.61. The highest BCUT2D eigenvalue weighted by Gasteiger charge is 2.27. The van der Waals surface area contributed by atoms with Gasteiger partial charge in [0, 0.05) is 6.04 Å². The minimum absolute atomic E-state index is 0.206. The van der Waals surface area contributed by atoms with E-state index in [2.05, 4.69) is 5.32 Å². The summed E-state index contributed by atoms with van der Waals surface area (Å²) >= 11 is 0. The van der Waals surface area contributed by atoms with Gasteiger partial charge in [-0.05, 0) is 62.3 Å². The summed E-state index contributed by atoms with van der Waals surface area (Å²) in [5, 5.41) is 2.84. The molecule has 0 heterocycles. The van der Waals surface area contributed by atoms with Crippen molar-refractivity contribution in [1.82, 2.24) is 5.32 Å². The molecule has 1 aromatic carbocycles. The summed E-state index contributed by atoms with van der Waals surface area (Å²) in [4.78, 5) is 23.8. The number of esters is 1. The van der Waals surface area contributed by atoms with Gasteiger partial charge >= 0.3 is 5.97 Å². The maximum absolute atomic E-state index is 12.1. The van der Waals surface area contributed by atoms with Crippen molar-refractivity contribution in [3.05, 3.63) is 34.9 Å². The van der Waals surface area contributed by atoms with E-state index in [1.807, 2.05) is 12.1 Å². The molecule has 0 saturated heterocycles.